The van der Waals surface area contributed by atoms with E-state index in [1.165, 1.54) is 17.8 Å². The van der Waals surface area contributed by atoms with Crippen LogP contribution >= 0.6 is 11.8 Å². The maximum absolute atomic E-state index is 5.90. The summed E-state index contributed by atoms with van der Waals surface area (Å²) in [7, 11) is 1.59. The monoisotopic (exact) mass is 263 g/mol. The molecule has 7 heteroatoms. The number of rotatable bonds is 3. The third-order valence-corrected chi connectivity index (χ3v) is 3.12. The molecule has 2 rings (SSSR count). The van der Waals surface area contributed by atoms with Gasteiger partial charge in [-0.3, -0.25) is 0 Å². The van der Waals surface area contributed by atoms with Crippen molar-refractivity contribution in [3.63, 3.8) is 0 Å². The molecule has 0 saturated heterocycles. The van der Waals surface area contributed by atoms with Gasteiger partial charge in [-0.15, -0.1) is 0 Å². The zero-order chi connectivity index (χ0) is 13.1. The van der Waals surface area contributed by atoms with Gasteiger partial charge in [-0.25, -0.2) is 9.97 Å². The highest BCUT2D eigenvalue weighted by Gasteiger charge is 2.07. The Bertz CT molecular complexity index is 555. The van der Waals surface area contributed by atoms with E-state index in [1.807, 2.05) is 12.1 Å². The molecular weight excluding hydrogens is 250 g/mol. The number of anilines is 3. The zero-order valence-electron chi connectivity index (χ0n) is 9.75. The molecule has 0 aliphatic heterocycles. The number of hydrogen-bond donors (Lipinski definition) is 3. The van der Waals surface area contributed by atoms with Crippen molar-refractivity contribution in [1.82, 2.24) is 9.97 Å². The summed E-state index contributed by atoms with van der Waals surface area (Å²) in [5, 5.41) is 0.462. The number of hydrogen-bond acceptors (Lipinski definition) is 7. The first-order valence-corrected chi connectivity index (χ1v) is 5.91. The lowest BCUT2D eigenvalue weighted by molar-refractivity contribution is 0.415. The van der Waals surface area contributed by atoms with E-state index in [4.69, 9.17) is 21.9 Å². The molecule has 0 radical (unpaired) electrons. The predicted octanol–water partition coefficient (Wildman–Crippen LogP) is 1.38. The van der Waals surface area contributed by atoms with Crippen LogP contribution in [0.3, 0.4) is 0 Å². The van der Waals surface area contributed by atoms with E-state index in [-0.39, 0.29) is 0 Å². The first-order chi connectivity index (χ1) is 8.58. The van der Waals surface area contributed by atoms with Gasteiger partial charge in [0.2, 0.25) is 0 Å². The van der Waals surface area contributed by atoms with Crippen LogP contribution in [0.4, 0.5) is 17.3 Å². The third-order valence-electron chi connectivity index (χ3n) is 2.16. The molecule has 0 amide bonds. The minimum Gasteiger partial charge on any atom is -0.497 e. The molecule has 1 aromatic heterocycles. The third kappa shape index (κ3) is 2.75. The standard InChI is InChI=1S/C11H13N5OS/c1-17-6-2-3-8(7(12)4-6)18-11-15-9(13)5-10(14)16-11/h2-5H,12H2,1H3,(H4,13,14,15,16). The quantitative estimate of drug-likeness (QED) is 0.566. The van der Waals surface area contributed by atoms with Gasteiger partial charge < -0.3 is 21.9 Å². The highest BCUT2D eigenvalue weighted by Crippen LogP contribution is 2.32. The minimum atomic E-state index is 0.331. The van der Waals surface area contributed by atoms with Crippen LogP contribution in [0, 0.1) is 0 Å². The average Bonchev–Trinajstić information content (AvgIpc) is 2.30. The van der Waals surface area contributed by atoms with E-state index in [1.54, 1.807) is 13.2 Å². The van der Waals surface area contributed by atoms with Crippen LogP contribution in [0.1, 0.15) is 0 Å². The second kappa shape index (κ2) is 5.01. The summed E-state index contributed by atoms with van der Waals surface area (Å²) in [5.74, 6) is 1.36. The van der Waals surface area contributed by atoms with Crippen LogP contribution < -0.4 is 21.9 Å². The topological polar surface area (TPSA) is 113 Å². The summed E-state index contributed by atoms with van der Waals surface area (Å²) in [6, 6.07) is 6.88. The number of ether oxygens (including phenoxy) is 1. The fourth-order valence-corrected chi connectivity index (χ4v) is 2.16. The van der Waals surface area contributed by atoms with Gasteiger partial charge in [-0.05, 0) is 23.9 Å². The summed E-state index contributed by atoms with van der Waals surface area (Å²) in [6.07, 6.45) is 0. The Labute approximate surface area is 109 Å². The van der Waals surface area contributed by atoms with E-state index >= 15 is 0 Å². The molecule has 94 valence electrons. The summed E-state index contributed by atoms with van der Waals surface area (Å²) in [4.78, 5) is 8.97. The molecule has 1 heterocycles. The number of benzene rings is 1. The molecule has 6 nitrogen and oxygen atoms in total. The molecule has 1 aromatic carbocycles. The van der Waals surface area contributed by atoms with Gasteiger partial charge in [0.15, 0.2) is 5.16 Å². The SMILES string of the molecule is COc1ccc(Sc2nc(N)cc(N)n2)c(N)c1. The Morgan fingerprint density at radius 1 is 1.06 bits per heavy atom. The lowest BCUT2D eigenvalue weighted by Crippen LogP contribution is -1.99. The Balaban J connectivity index is 2.28. The van der Waals surface area contributed by atoms with Crippen molar-refractivity contribution >= 4 is 29.1 Å². The van der Waals surface area contributed by atoms with Gasteiger partial charge in [-0.2, -0.15) is 0 Å². The molecule has 0 fully saturated rings. The lowest BCUT2D eigenvalue weighted by Gasteiger charge is -2.07. The molecule has 18 heavy (non-hydrogen) atoms. The maximum atomic E-state index is 5.90. The van der Waals surface area contributed by atoms with Crippen molar-refractivity contribution < 1.29 is 4.74 Å². The van der Waals surface area contributed by atoms with E-state index in [0.717, 1.165) is 4.90 Å². The zero-order valence-corrected chi connectivity index (χ0v) is 10.6. The first kappa shape index (κ1) is 12.3. The van der Waals surface area contributed by atoms with Crippen LogP contribution in [0.5, 0.6) is 5.75 Å². The van der Waals surface area contributed by atoms with Crippen LogP contribution in [0.25, 0.3) is 0 Å². The van der Waals surface area contributed by atoms with Gasteiger partial charge in [0.05, 0.1) is 7.11 Å². The first-order valence-electron chi connectivity index (χ1n) is 5.10. The lowest BCUT2D eigenvalue weighted by atomic mass is 10.3. The highest BCUT2D eigenvalue weighted by molar-refractivity contribution is 7.99. The second-order valence-corrected chi connectivity index (χ2v) is 4.52. The highest BCUT2D eigenvalue weighted by atomic mass is 32.2. The van der Waals surface area contributed by atoms with Gasteiger partial charge >= 0.3 is 0 Å². The van der Waals surface area contributed by atoms with Crippen LogP contribution in [-0.2, 0) is 0 Å². The Hall–Kier alpha value is -2.15. The van der Waals surface area contributed by atoms with E-state index in [2.05, 4.69) is 9.97 Å². The fraction of sp³-hybridized carbons (Fsp3) is 0.0909. The maximum Gasteiger partial charge on any atom is 0.196 e. The number of nitrogens with zero attached hydrogens (tertiary/aromatic N) is 2. The fourth-order valence-electron chi connectivity index (χ4n) is 1.35. The Kier molecular flexibility index (Phi) is 3.42. The molecule has 0 bridgehead atoms. The summed E-state index contributed by atoms with van der Waals surface area (Å²) < 4.78 is 5.08. The predicted molar refractivity (Wildman–Crippen MR) is 72.4 cm³/mol. The van der Waals surface area contributed by atoms with Crippen molar-refractivity contribution in [3.8, 4) is 5.75 Å². The molecule has 0 aliphatic rings. The molecule has 0 spiro atoms. The van der Waals surface area contributed by atoms with Crippen LogP contribution in [0.2, 0.25) is 0 Å². The number of aromatic nitrogens is 2. The number of nitrogen functional groups attached to an aromatic ring is 3. The summed E-state index contributed by atoms with van der Waals surface area (Å²) >= 11 is 1.30. The van der Waals surface area contributed by atoms with Crippen LogP contribution in [0.15, 0.2) is 34.3 Å². The summed E-state index contributed by atoms with van der Waals surface area (Å²) in [5.41, 5.74) is 17.7. The van der Waals surface area contributed by atoms with Gasteiger partial charge in [0, 0.05) is 22.7 Å². The normalized spacial score (nSPS) is 10.3. The molecule has 0 atom stereocenters. The Morgan fingerprint density at radius 3 is 2.28 bits per heavy atom. The van der Waals surface area contributed by atoms with Crippen molar-refractivity contribution in [1.29, 1.82) is 0 Å². The summed E-state index contributed by atoms with van der Waals surface area (Å²) in [6.45, 7) is 0. The van der Waals surface area contributed by atoms with Crippen molar-refractivity contribution in [3.05, 3.63) is 24.3 Å². The number of methoxy groups -OCH3 is 1. The molecular formula is C11H13N5OS. The largest absolute Gasteiger partial charge is 0.497 e. The molecule has 2 aromatic rings. The van der Waals surface area contributed by atoms with Gasteiger partial charge in [0.1, 0.15) is 17.4 Å². The molecule has 0 saturated carbocycles. The van der Waals surface area contributed by atoms with Crippen LogP contribution in [-0.4, -0.2) is 17.1 Å². The van der Waals surface area contributed by atoms with E-state index < -0.39 is 0 Å². The van der Waals surface area contributed by atoms with Gasteiger partial charge in [0.25, 0.3) is 0 Å². The second-order valence-electron chi connectivity index (χ2n) is 3.51. The molecule has 0 unspecified atom stereocenters. The molecule has 0 aliphatic carbocycles. The van der Waals surface area contributed by atoms with Crippen molar-refractivity contribution in [2.45, 2.75) is 10.1 Å². The van der Waals surface area contributed by atoms with E-state index in [0.29, 0.717) is 28.2 Å². The Morgan fingerprint density at radius 2 is 1.72 bits per heavy atom. The van der Waals surface area contributed by atoms with Gasteiger partial charge in [-0.1, -0.05) is 0 Å². The average molecular weight is 263 g/mol. The molecule has 6 N–H and O–H groups in total. The van der Waals surface area contributed by atoms with E-state index in [9.17, 15) is 0 Å². The van der Waals surface area contributed by atoms with Crippen molar-refractivity contribution in [2.75, 3.05) is 24.3 Å². The smallest absolute Gasteiger partial charge is 0.196 e. The minimum absolute atomic E-state index is 0.331. The van der Waals surface area contributed by atoms with Crippen molar-refractivity contribution in [2.24, 2.45) is 0 Å². The number of nitrogens with two attached hydrogens (primary N) is 3.